The van der Waals surface area contributed by atoms with Crippen LogP contribution in [0.25, 0.3) is 0 Å². The van der Waals surface area contributed by atoms with Crippen LogP contribution in [0, 0.1) is 17.8 Å². The van der Waals surface area contributed by atoms with Crippen molar-refractivity contribution in [1.82, 2.24) is 0 Å². The molecule has 17 nitrogen and oxygen atoms in total. The van der Waals surface area contributed by atoms with E-state index in [4.69, 9.17) is 37.0 Å². The molecule has 0 aromatic heterocycles. The van der Waals surface area contributed by atoms with E-state index in [1.807, 2.05) is 0 Å². The summed E-state index contributed by atoms with van der Waals surface area (Å²) in [4.78, 5) is 72.6. The molecule has 0 spiro atoms. The first-order valence-corrected chi connectivity index (χ1v) is 40.4. The van der Waals surface area contributed by atoms with Crippen molar-refractivity contribution in [3.63, 3.8) is 0 Å². The largest absolute Gasteiger partial charge is 0.472 e. The third-order valence-corrected chi connectivity index (χ3v) is 18.9. The number of hydrogen-bond donors (Lipinski definition) is 3. The van der Waals surface area contributed by atoms with Crippen LogP contribution in [0.5, 0.6) is 0 Å². The van der Waals surface area contributed by atoms with Crippen molar-refractivity contribution in [2.75, 3.05) is 39.6 Å². The fraction of sp³-hybridized carbons (Fsp3) is 0.944. The molecular formula is C72H140O17P2. The van der Waals surface area contributed by atoms with Gasteiger partial charge < -0.3 is 33.8 Å². The van der Waals surface area contributed by atoms with E-state index in [1.165, 1.54) is 173 Å². The van der Waals surface area contributed by atoms with E-state index in [1.54, 1.807) is 0 Å². The van der Waals surface area contributed by atoms with Gasteiger partial charge in [0.2, 0.25) is 0 Å². The minimum absolute atomic E-state index is 0.104. The van der Waals surface area contributed by atoms with Gasteiger partial charge in [-0.15, -0.1) is 0 Å². The Morgan fingerprint density at radius 2 is 0.560 bits per heavy atom. The van der Waals surface area contributed by atoms with Crippen molar-refractivity contribution >= 4 is 39.5 Å². The van der Waals surface area contributed by atoms with Gasteiger partial charge in [0.1, 0.15) is 19.3 Å². The van der Waals surface area contributed by atoms with Crippen LogP contribution in [0.1, 0.15) is 363 Å². The Labute approximate surface area is 556 Å². The summed E-state index contributed by atoms with van der Waals surface area (Å²) in [5.41, 5.74) is 0. The maximum absolute atomic E-state index is 13.0. The number of carbonyl (C=O) groups excluding carboxylic acids is 4. The summed E-state index contributed by atoms with van der Waals surface area (Å²) in [5.74, 6) is 0.0965. The van der Waals surface area contributed by atoms with Gasteiger partial charge in [0.25, 0.3) is 0 Å². The van der Waals surface area contributed by atoms with Crippen LogP contribution >= 0.6 is 15.6 Å². The highest BCUT2D eigenvalue weighted by Gasteiger charge is 2.30. The zero-order chi connectivity index (χ0) is 67.3. The monoisotopic (exact) mass is 1340 g/mol. The molecule has 0 aromatic carbocycles. The summed E-state index contributed by atoms with van der Waals surface area (Å²) in [6, 6.07) is 0. The molecule has 0 aromatic rings. The van der Waals surface area contributed by atoms with Crippen molar-refractivity contribution in [3.05, 3.63) is 0 Å². The fourth-order valence-electron chi connectivity index (χ4n) is 10.9. The van der Waals surface area contributed by atoms with Crippen molar-refractivity contribution in [2.24, 2.45) is 17.8 Å². The van der Waals surface area contributed by atoms with Crippen LogP contribution in [-0.4, -0.2) is 96.7 Å². The van der Waals surface area contributed by atoms with E-state index < -0.39 is 97.5 Å². The minimum atomic E-state index is -4.95. The second kappa shape index (κ2) is 62.8. The van der Waals surface area contributed by atoms with Gasteiger partial charge in [-0.2, -0.15) is 0 Å². The molecule has 0 amide bonds. The van der Waals surface area contributed by atoms with E-state index in [0.717, 1.165) is 108 Å². The molecule has 540 valence electrons. The summed E-state index contributed by atoms with van der Waals surface area (Å²) in [6.07, 6.45) is 47.2. The van der Waals surface area contributed by atoms with Crippen molar-refractivity contribution in [2.45, 2.75) is 381 Å². The molecule has 0 saturated heterocycles. The summed E-state index contributed by atoms with van der Waals surface area (Å²) in [6.45, 7) is 11.8. The number of ether oxygens (including phenoxy) is 4. The SMILES string of the molecule is CCCCCCCCCCCCCCCCCCCC(=O)O[C@H](COC(=O)CCCCCCCCCCC(C)CC)COP(=O)(O)OC[C@@H](O)COP(=O)(O)OC[C@@H](COC(=O)CCCCCCCCCCC(C)C)OC(=O)CCCCCCCCCCC(C)C. The van der Waals surface area contributed by atoms with E-state index in [9.17, 15) is 43.2 Å². The lowest BCUT2D eigenvalue weighted by atomic mass is 9.99. The van der Waals surface area contributed by atoms with Crippen LogP contribution in [0.4, 0.5) is 0 Å². The first kappa shape index (κ1) is 89.1. The van der Waals surface area contributed by atoms with Crippen LogP contribution in [-0.2, 0) is 65.4 Å². The maximum atomic E-state index is 13.0. The Morgan fingerprint density at radius 3 is 0.835 bits per heavy atom. The summed E-state index contributed by atoms with van der Waals surface area (Å²) in [7, 11) is -9.90. The topological polar surface area (TPSA) is 237 Å². The highest BCUT2D eigenvalue weighted by atomic mass is 31.2. The molecule has 0 fully saturated rings. The second-order valence-electron chi connectivity index (χ2n) is 27.2. The average molecular weight is 1340 g/mol. The van der Waals surface area contributed by atoms with Crippen LogP contribution < -0.4 is 0 Å². The zero-order valence-corrected chi connectivity index (χ0v) is 61.1. The molecule has 3 unspecified atom stereocenters. The van der Waals surface area contributed by atoms with Gasteiger partial charge in [-0.1, -0.05) is 312 Å². The number of carbonyl (C=O) groups is 4. The van der Waals surface area contributed by atoms with Crippen molar-refractivity contribution in [1.29, 1.82) is 0 Å². The van der Waals surface area contributed by atoms with Gasteiger partial charge in [-0.25, -0.2) is 9.13 Å². The second-order valence-corrected chi connectivity index (χ2v) is 30.1. The number of esters is 4. The first-order valence-electron chi connectivity index (χ1n) is 37.4. The Hall–Kier alpha value is -1.94. The Kier molecular flexibility index (Phi) is 61.5. The molecule has 0 heterocycles. The van der Waals surface area contributed by atoms with Gasteiger partial charge in [0, 0.05) is 25.7 Å². The molecule has 3 N–H and O–H groups in total. The molecular weight excluding hydrogens is 1200 g/mol. The molecule has 0 aliphatic heterocycles. The van der Waals surface area contributed by atoms with Crippen LogP contribution in [0.15, 0.2) is 0 Å². The number of phosphoric ester groups is 2. The third kappa shape index (κ3) is 65.1. The molecule has 0 radical (unpaired) electrons. The molecule has 6 atom stereocenters. The lowest BCUT2D eigenvalue weighted by molar-refractivity contribution is -0.161. The van der Waals surface area contributed by atoms with Crippen molar-refractivity contribution in [3.8, 4) is 0 Å². The van der Waals surface area contributed by atoms with Gasteiger partial charge in [0.05, 0.1) is 26.4 Å². The zero-order valence-electron chi connectivity index (χ0n) is 59.3. The number of phosphoric acid groups is 2. The predicted molar refractivity (Wildman–Crippen MR) is 368 cm³/mol. The smallest absolute Gasteiger partial charge is 0.462 e. The predicted octanol–water partition coefficient (Wildman–Crippen LogP) is 20.6. The number of rotatable bonds is 70. The number of aliphatic hydroxyl groups excluding tert-OH is 1. The van der Waals surface area contributed by atoms with Gasteiger partial charge in [-0.05, 0) is 43.4 Å². The van der Waals surface area contributed by atoms with E-state index in [2.05, 4.69) is 48.5 Å². The molecule has 0 saturated carbocycles. The normalized spacial score (nSPS) is 14.5. The summed E-state index contributed by atoms with van der Waals surface area (Å²) < 4.78 is 68.4. The minimum Gasteiger partial charge on any atom is -0.462 e. The van der Waals surface area contributed by atoms with E-state index in [-0.39, 0.29) is 25.7 Å². The molecule has 91 heavy (non-hydrogen) atoms. The Bertz CT molecular complexity index is 1790. The lowest BCUT2D eigenvalue weighted by Gasteiger charge is -2.21. The van der Waals surface area contributed by atoms with Gasteiger partial charge in [-0.3, -0.25) is 37.3 Å². The van der Waals surface area contributed by atoms with E-state index >= 15 is 0 Å². The van der Waals surface area contributed by atoms with Crippen LogP contribution in [0.3, 0.4) is 0 Å². The third-order valence-electron chi connectivity index (χ3n) is 17.0. The molecule has 0 aliphatic carbocycles. The number of aliphatic hydroxyl groups is 1. The summed E-state index contributed by atoms with van der Waals surface area (Å²) in [5, 5.41) is 10.6. The Balaban J connectivity index is 5.25. The van der Waals surface area contributed by atoms with Gasteiger partial charge >= 0.3 is 39.5 Å². The van der Waals surface area contributed by atoms with Gasteiger partial charge in [0.15, 0.2) is 12.2 Å². The quantitative estimate of drug-likeness (QED) is 0.0222. The number of hydrogen-bond acceptors (Lipinski definition) is 15. The molecule has 0 bridgehead atoms. The Morgan fingerprint density at radius 1 is 0.319 bits per heavy atom. The van der Waals surface area contributed by atoms with Crippen LogP contribution in [0.2, 0.25) is 0 Å². The summed E-state index contributed by atoms with van der Waals surface area (Å²) >= 11 is 0. The maximum Gasteiger partial charge on any atom is 0.472 e. The highest BCUT2D eigenvalue weighted by Crippen LogP contribution is 2.45. The van der Waals surface area contributed by atoms with Crippen molar-refractivity contribution < 1.29 is 80.2 Å². The molecule has 0 rings (SSSR count). The lowest BCUT2D eigenvalue weighted by Crippen LogP contribution is -2.30. The molecule has 19 heteroatoms. The standard InChI is InChI=1S/C72H140O17P2/c1-8-10-11-12-13-14-15-16-17-18-19-20-21-22-34-41-48-55-71(76)88-67(59-83-70(75)54-47-40-33-28-25-31-38-45-52-65(7)9-2)61-86-90(78,79)84-57-66(73)58-85-91(80,81)87-62-68(89-72(77)56-49-42-35-27-24-30-37-44-51-64(5)6)60-82-69(74)53-46-39-32-26-23-29-36-43-50-63(3)4/h63-68,73H,8-62H2,1-7H3,(H,78,79)(H,80,81)/t65?,66-,67-,68-/m1/s1. The fourth-order valence-corrected chi connectivity index (χ4v) is 12.4. The first-order chi connectivity index (χ1) is 43.8. The highest BCUT2D eigenvalue weighted by molar-refractivity contribution is 7.47. The average Bonchev–Trinajstić information content (AvgIpc) is 2.98. The number of unbranched alkanes of at least 4 members (excludes halogenated alkanes) is 37. The molecule has 0 aliphatic rings. The van der Waals surface area contributed by atoms with E-state index in [0.29, 0.717) is 25.7 Å².